The van der Waals surface area contributed by atoms with Gasteiger partial charge in [-0.1, -0.05) is 13.8 Å². The van der Waals surface area contributed by atoms with E-state index in [4.69, 9.17) is 4.74 Å². The molecule has 0 heterocycles. The molecule has 0 aromatic heterocycles. The molecule has 0 amide bonds. The van der Waals surface area contributed by atoms with E-state index in [9.17, 15) is 13.2 Å². The number of esters is 1. The summed E-state index contributed by atoms with van der Waals surface area (Å²) in [6.07, 6.45) is 1.24. The summed E-state index contributed by atoms with van der Waals surface area (Å²) in [7, 11) is -3.35. The van der Waals surface area contributed by atoms with E-state index in [1.54, 1.807) is 6.92 Å². The van der Waals surface area contributed by atoms with Crippen LogP contribution in [0.4, 0.5) is 0 Å². The van der Waals surface area contributed by atoms with Crippen LogP contribution in [0.5, 0.6) is 0 Å². The third-order valence-electron chi connectivity index (χ3n) is 1.63. The number of carbonyl (C=O) groups is 1. The number of hydrogen-bond donors (Lipinski definition) is 1. The highest BCUT2D eigenvalue weighted by atomic mass is 32.2. The molecule has 5 nitrogen and oxygen atoms in total. The van der Waals surface area contributed by atoms with Crippen LogP contribution in [-0.4, -0.2) is 32.8 Å². The van der Waals surface area contributed by atoms with Crippen LogP contribution in [0.25, 0.3) is 0 Å². The zero-order valence-corrected chi connectivity index (χ0v) is 10.3. The summed E-state index contributed by atoms with van der Waals surface area (Å²) >= 11 is 0. The lowest BCUT2D eigenvalue weighted by atomic mass is 10.4. The van der Waals surface area contributed by atoms with Crippen molar-refractivity contribution < 1.29 is 17.9 Å². The smallest absolute Gasteiger partial charge is 0.323 e. The SMILES string of the molecule is CCCOC(=O)C(C)NS(=O)(=O)CCC. The molecule has 0 radical (unpaired) electrons. The molecule has 1 N–H and O–H groups in total. The minimum atomic E-state index is -3.35. The van der Waals surface area contributed by atoms with Crippen molar-refractivity contribution in [3.63, 3.8) is 0 Å². The summed E-state index contributed by atoms with van der Waals surface area (Å²) in [4.78, 5) is 11.2. The number of ether oxygens (including phenoxy) is 1. The molecular formula is C9H19NO4S. The Balaban J connectivity index is 4.12. The second-order valence-electron chi connectivity index (χ2n) is 3.33. The maximum atomic E-state index is 11.3. The predicted molar refractivity (Wildman–Crippen MR) is 57.9 cm³/mol. The second-order valence-corrected chi connectivity index (χ2v) is 5.20. The van der Waals surface area contributed by atoms with E-state index >= 15 is 0 Å². The molecule has 90 valence electrons. The average molecular weight is 237 g/mol. The first-order valence-electron chi connectivity index (χ1n) is 5.09. The van der Waals surface area contributed by atoms with Gasteiger partial charge in [0, 0.05) is 0 Å². The monoisotopic (exact) mass is 237 g/mol. The molecule has 0 aliphatic carbocycles. The third-order valence-corrected chi connectivity index (χ3v) is 3.29. The molecule has 0 spiro atoms. The van der Waals surface area contributed by atoms with Crippen LogP contribution < -0.4 is 4.72 Å². The van der Waals surface area contributed by atoms with Crippen molar-refractivity contribution in [1.29, 1.82) is 0 Å². The van der Waals surface area contributed by atoms with Gasteiger partial charge in [0.15, 0.2) is 0 Å². The van der Waals surface area contributed by atoms with Crippen molar-refractivity contribution in [2.75, 3.05) is 12.4 Å². The van der Waals surface area contributed by atoms with Crippen molar-refractivity contribution in [3.05, 3.63) is 0 Å². The van der Waals surface area contributed by atoms with Crippen LogP contribution in [0, 0.1) is 0 Å². The Morgan fingerprint density at radius 1 is 1.33 bits per heavy atom. The molecule has 0 rings (SSSR count). The predicted octanol–water partition coefficient (Wildman–Crippen LogP) is 0.657. The van der Waals surface area contributed by atoms with E-state index in [1.807, 2.05) is 6.92 Å². The van der Waals surface area contributed by atoms with Gasteiger partial charge in [-0.15, -0.1) is 0 Å². The zero-order chi connectivity index (χ0) is 11.9. The van der Waals surface area contributed by atoms with Gasteiger partial charge in [-0.25, -0.2) is 13.1 Å². The molecule has 0 bridgehead atoms. The summed E-state index contributed by atoms with van der Waals surface area (Å²) in [6, 6.07) is -0.812. The van der Waals surface area contributed by atoms with Gasteiger partial charge < -0.3 is 4.74 Å². The van der Waals surface area contributed by atoms with Gasteiger partial charge in [0.2, 0.25) is 10.0 Å². The Labute approximate surface area is 91.2 Å². The molecular weight excluding hydrogens is 218 g/mol. The number of rotatable bonds is 7. The van der Waals surface area contributed by atoms with Gasteiger partial charge in [0.25, 0.3) is 0 Å². The molecule has 15 heavy (non-hydrogen) atoms. The minimum Gasteiger partial charge on any atom is -0.465 e. The number of carbonyl (C=O) groups excluding carboxylic acids is 1. The highest BCUT2D eigenvalue weighted by Gasteiger charge is 2.20. The molecule has 0 saturated carbocycles. The lowest BCUT2D eigenvalue weighted by Gasteiger charge is -2.12. The number of hydrogen-bond acceptors (Lipinski definition) is 4. The first-order valence-corrected chi connectivity index (χ1v) is 6.74. The lowest BCUT2D eigenvalue weighted by Crippen LogP contribution is -2.40. The number of sulfonamides is 1. The van der Waals surface area contributed by atoms with Crippen molar-refractivity contribution in [2.24, 2.45) is 0 Å². The van der Waals surface area contributed by atoms with Crippen molar-refractivity contribution in [1.82, 2.24) is 4.72 Å². The quantitative estimate of drug-likeness (QED) is 0.660. The first-order chi connectivity index (χ1) is 6.93. The normalized spacial score (nSPS) is 13.5. The van der Waals surface area contributed by atoms with Crippen LogP contribution in [0.3, 0.4) is 0 Å². The fourth-order valence-electron chi connectivity index (χ4n) is 0.973. The lowest BCUT2D eigenvalue weighted by molar-refractivity contribution is -0.145. The molecule has 0 aliphatic rings. The molecule has 0 aromatic carbocycles. The Bertz CT molecular complexity index is 286. The van der Waals surface area contributed by atoms with Crippen LogP contribution in [0.1, 0.15) is 33.6 Å². The Morgan fingerprint density at radius 2 is 1.93 bits per heavy atom. The Hall–Kier alpha value is -0.620. The standard InChI is InChI=1S/C9H19NO4S/c1-4-6-14-9(11)8(3)10-15(12,13)7-5-2/h8,10H,4-7H2,1-3H3. The van der Waals surface area contributed by atoms with Crippen LogP contribution in [-0.2, 0) is 19.6 Å². The zero-order valence-electron chi connectivity index (χ0n) is 9.45. The van der Waals surface area contributed by atoms with Gasteiger partial charge in [-0.05, 0) is 19.8 Å². The second kappa shape index (κ2) is 6.79. The maximum absolute atomic E-state index is 11.3. The first kappa shape index (κ1) is 14.4. The molecule has 1 unspecified atom stereocenters. The molecule has 1 atom stereocenters. The number of nitrogens with one attached hydrogen (secondary N) is 1. The summed E-state index contributed by atoms with van der Waals surface area (Å²) in [6.45, 7) is 5.43. The van der Waals surface area contributed by atoms with Crippen molar-refractivity contribution in [2.45, 2.75) is 39.7 Å². The maximum Gasteiger partial charge on any atom is 0.323 e. The fraction of sp³-hybridized carbons (Fsp3) is 0.889. The molecule has 0 fully saturated rings. The molecule has 6 heteroatoms. The third kappa shape index (κ3) is 6.46. The molecule has 0 aliphatic heterocycles. The molecule has 0 aromatic rings. The van der Waals surface area contributed by atoms with Gasteiger partial charge in [0.1, 0.15) is 6.04 Å². The Morgan fingerprint density at radius 3 is 2.40 bits per heavy atom. The fourth-order valence-corrected chi connectivity index (χ4v) is 2.26. The molecule has 0 saturated heterocycles. The van der Waals surface area contributed by atoms with Crippen molar-refractivity contribution >= 4 is 16.0 Å². The van der Waals surface area contributed by atoms with Gasteiger partial charge in [-0.2, -0.15) is 0 Å². The topological polar surface area (TPSA) is 72.5 Å². The van der Waals surface area contributed by atoms with E-state index in [0.29, 0.717) is 13.0 Å². The van der Waals surface area contributed by atoms with Crippen molar-refractivity contribution in [3.8, 4) is 0 Å². The van der Waals surface area contributed by atoms with Gasteiger partial charge in [0.05, 0.1) is 12.4 Å². The summed E-state index contributed by atoms with van der Waals surface area (Å²) in [5.74, 6) is -0.505. The van der Waals surface area contributed by atoms with E-state index in [1.165, 1.54) is 6.92 Å². The van der Waals surface area contributed by atoms with Crippen LogP contribution in [0.15, 0.2) is 0 Å². The summed E-state index contributed by atoms with van der Waals surface area (Å²) in [5, 5.41) is 0. The van der Waals surface area contributed by atoms with Gasteiger partial charge in [-0.3, -0.25) is 4.79 Å². The van der Waals surface area contributed by atoms with E-state index < -0.39 is 22.0 Å². The minimum absolute atomic E-state index is 0.0262. The van der Waals surface area contributed by atoms with Gasteiger partial charge >= 0.3 is 5.97 Å². The highest BCUT2D eigenvalue weighted by molar-refractivity contribution is 7.89. The van der Waals surface area contributed by atoms with Crippen LogP contribution >= 0.6 is 0 Å². The average Bonchev–Trinajstić information content (AvgIpc) is 2.13. The Kier molecular flexibility index (Phi) is 6.51. The summed E-state index contributed by atoms with van der Waals surface area (Å²) < 4.78 is 29.7. The summed E-state index contributed by atoms with van der Waals surface area (Å²) in [5.41, 5.74) is 0. The van der Waals surface area contributed by atoms with E-state index in [0.717, 1.165) is 6.42 Å². The van der Waals surface area contributed by atoms with E-state index in [2.05, 4.69) is 4.72 Å². The van der Waals surface area contributed by atoms with Crippen LogP contribution in [0.2, 0.25) is 0 Å². The van der Waals surface area contributed by atoms with E-state index in [-0.39, 0.29) is 5.75 Å². The highest BCUT2D eigenvalue weighted by Crippen LogP contribution is 1.95. The largest absolute Gasteiger partial charge is 0.465 e.